The molecule has 0 amide bonds. The van der Waals surface area contributed by atoms with E-state index in [1.807, 2.05) is 18.8 Å². The summed E-state index contributed by atoms with van der Waals surface area (Å²) in [6.45, 7) is 4.51. The van der Waals surface area contributed by atoms with Crippen molar-refractivity contribution in [3.05, 3.63) is 0 Å². The highest BCUT2D eigenvalue weighted by atomic mass is 32.2. The Labute approximate surface area is 74.7 Å². The van der Waals surface area contributed by atoms with E-state index in [0.29, 0.717) is 6.04 Å². The molecule has 0 aromatic carbocycles. The van der Waals surface area contributed by atoms with Gasteiger partial charge < -0.3 is 10.2 Å². The van der Waals surface area contributed by atoms with Crippen molar-refractivity contribution in [2.45, 2.75) is 13.0 Å². The maximum Gasteiger partial charge on any atom is 0.0189 e. The molecule has 0 fully saturated rings. The molecular weight excluding hydrogens is 156 g/mol. The first-order chi connectivity index (χ1) is 5.22. The molecule has 0 aromatic heterocycles. The molecule has 0 spiro atoms. The van der Waals surface area contributed by atoms with Gasteiger partial charge in [-0.25, -0.2) is 0 Å². The van der Waals surface area contributed by atoms with Gasteiger partial charge in [-0.2, -0.15) is 11.8 Å². The number of nitrogens with zero attached hydrogens (tertiary/aromatic N) is 1. The molecule has 0 heterocycles. The molecule has 1 N–H and O–H groups in total. The summed E-state index contributed by atoms with van der Waals surface area (Å²) in [6.07, 6.45) is 2.15. The van der Waals surface area contributed by atoms with Crippen LogP contribution in [0.3, 0.4) is 0 Å². The Morgan fingerprint density at radius 1 is 1.55 bits per heavy atom. The summed E-state index contributed by atoms with van der Waals surface area (Å²) in [5.74, 6) is 1.23. The van der Waals surface area contributed by atoms with Crippen LogP contribution in [0.15, 0.2) is 0 Å². The first kappa shape index (κ1) is 11.3. The van der Waals surface area contributed by atoms with Crippen LogP contribution in [0.4, 0.5) is 0 Å². The standard InChI is InChI=1S/C8H20N2S/c1-8(7-9-2)10(3)5-6-11-4/h8-9H,5-7H2,1-4H3. The van der Waals surface area contributed by atoms with Crippen LogP contribution in [0, 0.1) is 0 Å². The van der Waals surface area contributed by atoms with Gasteiger partial charge >= 0.3 is 0 Å². The van der Waals surface area contributed by atoms with E-state index >= 15 is 0 Å². The third-order valence-corrected chi connectivity index (χ3v) is 2.49. The summed E-state index contributed by atoms with van der Waals surface area (Å²) in [7, 11) is 4.18. The van der Waals surface area contributed by atoms with E-state index in [1.165, 1.54) is 12.3 Å². The zero-order chi connectivity index (χ0) is 8.69. The highest BCUT2D eigenvalue weighted by Gasteiger charge is 2.05. The number of hydrogen-bond donors (Lipinski definition) is 1. The highest BCUT2D eigenvalue weighted by Crippen LogP contribution is 1.97. The molecule has 2 nitrogen and oxygen atoms in total. The molecule has 0 aromatic rings. The van der Waals surface area contributed by atoms with Crippen molar-refractivity contribution in [2.75, 3.05) is 39.2 Å². The van der Waals surface area contributed by atoms with Crippen LogP contribution in [0.1, 0.15) is 6.92 Å². The van der Waals surface area contributed by atoms with Crippen molar-refractivity contribution in [1.82, 2.24) is 10.2 Å². The third-order valence-electron chi connectivity index (χ3n) is 1.90. The average molecular weight is 176 g/mol. The minimum atomic E-state index is 0.646. The number of likely N-dealkylation sites (N-methyl/N-ethyl adjacent to an activating group) is 2. The SMILES string of the molecule is CNCC(C)N(C)CCSC. The van der Waals surface area contributed by atoms with E-state index in [-0.39, 0.29) is 0 Å². The van der Waals surface area contributed by atoms with E-state index in [0.717, 1.165) is 6.54 Å². The Bertz CT molecular complexity index is 88.2. The lowest BCUT2D eigenvalue weighted by Gasteiger charge is -2.23. The van der Waals surface area contributed by atoms with Gasteiger partial charge in [0.1, 0.15) is 0 Å². The zero-order valence-corrected chi connectivity index (χ0v) is 8.87. The van der Waals surface area contributed by atoms with Gasteiger partial charge in [0.2, 0.25) is 0 Å². The highest BCUT2D eigenvalue weighted by molar-refractivity contribution is 7.98. The van der Waals surface area contributed by atoms with E-state index in [9.17, 15) is 0 Å². The molecule has 0 bridgehead atoms. The second kappa shape index (κ2) is 6.95. The molecule has 11 heavy (non-hydrogen) atoms. The Hall–Kier alpha value is 0.270. The first-order valence-corrected chi connectivity index (χ1v) is 5.45. The van der Waals surface area contributed by atoms with Crippen LogP contribution in [0.5, 0.6) is 0 Å². The summed E-state index contributed by atoms with van der Waals surface area (Å²) in [6, 6.07) is 0.646. The molecule has 1 unspecified atom stereocenters. The Kier molecular flexibility index (Phi) is 7.12. The molecule has 0 saturated carbocycles. The molecule has 0 saturated heterocycles. The first-order valence-electron chi connectivity index (χ1n) is 4.06. The summed E-state index contributed by atoms with van der Waals surface area (Å²) in [5, 5.41) is 3.18. The lowest BCUT2D eigenvalue weighted by atomic mass is 10.3. The minimum Gasteiger partial charge on any atom is -0.318 e. The van der Waals surface area contributed by atoms with Gasteiger partial charge in [-0.05, 0) is 27.3 Å². The Balaban J connectivity index is 3.38. The topological polar surface area (TPSA) is 15.3 Å². The molecule has 1 atom stereocenters. The fourth-order valence-electron chi connectivity index (χ4n) is 0.907. The smallest absolute Gasteiger partial charge is 0.0189 e. The van der Waals surface area contributed by atoms with E-state index in [4.69, 9.17) is 0 Å². The number of hydrogen-bond acceptors (Lipinski definition) is 3. The predicted octanol–water partition coefficient (Wildman–Crippen LogP) is 0.889. The molecule has 0 aliphatic carbocycles. The van der Waals surface area contributed by atoms with Gasteiger partial charge in [0.05, 0.1) is 0 Å². The van der Waals surface area contributed by atoms with Crippen LogP contribution >= 0.6 is 11.8 Å². The average Bonchev–Trinajstić information content (AvgIpc) is 2.00. The van der Waals surface area contributed by atoms with E-state index in [2.05, 4.69) is 30.4 Å². The number of rotatable bonds is 6. The van der Waals surface area contributed by atoms with Crippen molar-refractivity contribution >= 4 is 11.8 Å². The van der Waals surface area contributed by atoms with E-state index < -0.39 is 0 Å². The quantitative estimate of drug-likeness (QED) is 0.647. The van der Waals surface area contributed by atoms with Crippen LogP contribution in [-0.2, 0) is 0 Å². The summed E-state index contributed by atoms with van der Waals surface area (Å²) in [5.41, 5.74) is 0. The molecule has 0 rings (SSSR count). The van der Waals surface area contributed by atoms with Crippen molar-refractivity contribution in [3.63, 3.8) is 0 Å². The van der Waals surface area contributed by atoms with Gasteiger partial charge in [-0.15, -0.1) is 0 Å². The lowest BCUT2D eigenvalue weighted by molar-refractivity contribution is 0.269. The van der Waals surface area contributed by atoms with Gasteiger partial charge in [0.25, 0.3) is 0 Å². The van der Waals surface area contributed by atoms with Gasteiger partial charge in [0.15, 0.2) is 0 Å². The molecular formula is C8H20N2S. The van der Waals surface area contributed by atoms with Crippen molar-refractivity contribution in [3.8, 4) is 0 Å². The second-order valence-corrected chi connectivity index (χ2v) is 3.87. The van der Waals surface area contributed by atoms with Gasteiger partial charge in [0, 0.05) is 24.9 Å². The van der Waals surface area contributed by atoms with E-state index in [1.54, 1.807) is 0 Å². The predicted molar refractivity (Wildman–Crippen MR) is 54.4 cm³/mol. The third kappa shape index (κ3) is 5.53. The van der Waals surface area contributed by atoms with Crippen LogP contribution < -0.4 is 5.32 Å². The molecule has 0 aliphatic heterocycles. The molecule has 0 aliphatic rings. The van der Waals surface area contributed by atoms with Crippen LogP contribution in [0.25, 0.3) is 0 Å². The lowest BCUT2D eigenvalue weighted by Crippen LogP contribution is -2.37. The maximum absolute atomic E-state index is 3.18. The fourth-order valence-corrected chi connectivity index (χ4v) is 1.38. The van der Waals surface area contributed by atoms with Crippen molar-refractivity contribution in [1.29, 1.82) is 0 Å². The van der Waals surface area contributed by atoms with Gasteiger partial charge in [-0.3, -0.25) is 0 Å². The summed E-state index contributed by atoms with van der Waals surface area (Å²) in [4.78, 5) is 2.38. The number of nitrogens with one attached hydrogen (secondary N) is 1. The monoisotopic (exact) mass is 176 g/mol. The maximum atomic E-state index is 3.18. The van der Waals surface area contributed by atoms with Crippen molar-refractivity contribution in [2.24, 2.45) is 0 Å². The summed E-state index contributed by atoms with van der Waals surface area (Å²) >= 11 is 1.90. The van der Waals surface area contributed by atoms with Gasteiger partial charge in [-0.1, -0.05) is 0 Å². The van der Waals surface area contributed by atoms with Crippen molar-refractivity contribution < 1.29 is 0 Å². The Morgan fingerprint density at radius 2 is 2.18 bits per heavy atom. The molecule has 68 valence electrons. The zero-order valence-electron chi connectivity index (χ0n) is 8.05. The minimum absolute atomic E-state index is 0.646. The van der Waals surface area contributed by atoms with Crippen LogP contribution in [0.2, 0.25) is 0 Å². The normalized spacial score (nSPS) is 13.9. The second-order valence-electron chi connectivity index (χ2n) is 2.88. The summed E-state index contributed by atoms with van der Waals surface area (Å²) < 4.78 is 0. The molecule has 0 radical (unpaired) electrons. The number of thioether (sulfide) groups is 1. The van der Waals surface area contributed by atoms with Crippen LogP contribution in [-0.4, -0.2) is 50.1 Å². The molecule has 3 heteroatoms. The Morgan fingerprint density at radius 3 is 2.64 bits per heavy atom. The fraction of sp³-hybridized carbons (Fsp3) is 1.00. The largest absolute Gasteiger partial charge is 0.318 e.